The summed E-state index contributed by atoms with van der Waals surface area (Å²) < 4.78 is 0. The largest absolute Gasteiger partial charge is 0.368 e. The van der Waals surface area contributed by atoms with Crippen molar-refractivity contribution in [3.05, 3.63) is 41.7 Å². The van der Waals surface area contributed by atoms with Crippen LogP contribution in [0.25, 0.3) is 0 Å². The number of nitrogens with one attached hydrogen (secondary N) is 1. The number of benzene rings is 1. The molecule has 8 nitrogen and oxygen atoms in total. The first-order valence-corrected chi connectivity index (χ1v) is 9.68. The van der Waals surface area contributed by atoms with Crippen LogP contribution in [-0.4, -0.2) is 52.9 Å². The van der Waals surface area contributed by atoms with Crippen LogP contribution < -0.4 is 16.0 Å². The predicted molar refractivity (Wildman–Crippen MR) is 110 cm³/mol. The molecule has 1 aliphatic heterocycles. The quantitative estimate of drug-likeness (QED) is 0.781. The highest BCUT2D eigenvalue weighted by atomic mass is 16.1. The lowest BCUT2D eigenvalue weighted by Crippen LogP contribution is -2.41. The number of hydrogen-bond donors (Lipinski definition) is 2. The Hall–Kier alpha value is -2.74. The number of rotatable bonds is 6. The van der Waals surface area contributed by atoms with Gasteiger partial charge in [-0.1, -0.05) is 30.3 Å². The molecule has 150 valence electrons. The van der Waals surface area contributed by atoms with Crippen LogP contribution in [0.2, 0.25) is 0 Å². The number of likely N-dealkylation sites (tertiary alicyclic amines) is 1. The third-order valence-electron chi connectivity index (χ3n) is 5.19. The predicted octanol–water partition coefficient (Wildman–Crippen LogP) is 1.61. The average molecular weight is 384 g/mol. The Morgan fingerprint density at radius 2 is 1.89 bits per heavy atom. The van der Waals surface area contributed by atoms with E-state index in [2.05, 4.69) is 32.1 Å². The van der Waals surface area contributed by atoms with Crippen molar-refractivity contribution < 1.29 is 4.79 Å². The maximum absolute atomic E-state index is 12.5. The SMILES string of the molecule is C[C@@H](c1nc(N)nc(N(C)C)n1)N1CCC(C(=O)NCc2ccccc2)CC1. The summed E-state index contributed by atoms with van der Waals surface area (Å²) in [5.74, 6) is 1.65. The van der Waals surface area contributed by atoms with Gasteiger partial charge in [0.05, 0.1) is 6.04 Å². The van der Waals surface area contributed by atoms with Gasteiger partial charge in [0, 0.05) is 26.6 Å². The van der Waals surface area contributed by atoms with Crippen molar-refractivity contribution in [3.63, 3.8) is 0 Å². The van der Waals surface area contributed by atoms with Gasteiger partial charge in [0.15, 0.2) is 5.82 Å². The van der Waals surface area contributed by atoms with E-state index in [9.17, 15) is 4.79 Å². The molecule has 0 unspecified atom stereocenters. The first-order valence-electron chi connectivity index (χ1n) is 9.68. The third kappa shape index (κ3) is 4.95. The van der Waals surface area contributed by atoms with Gasteiger partial charge in [-0.2, -0.15) is 15.0 Å². The molecule has 8 heteroatoms. The Bertz CT molecular complexity index is 788. The molecule has 2 heterocycles. The van der Waals surface area contributed by atoms with E-state index in [4.69, 9.17) is 5.73 Å². The Balaban J connectivity index is 1.54. The van der Waals surface area contributed by atoms with Crippen molar-refractivity contribution in [2.45, 2.75) is 32.4 Å². The highest BCUT2D eigenvalue weighted by molar-refractivity contribution is 5.78. The van der Waals surface area contributed by atoms with Crippen LogP contribution in [0, 0.1) is 5.92 Å². The summed E-state index contributed by atoms with van der Waals surface area (Å²) >= 11 is 0. The summed E-state index contributed by atoms with van der Waals surface area (Å²) in [5.41, 5.74) is 6.96. The van der Waals surface area contributed by atoms with Crippen LogP contribution in [0.5, 0.6) is 0 Å². The van der Waals surface area contributed by atoms with E-state index in [0.717, 1.165) is 31.5 Å². The molecule has 0 saturated carbocycles. The van der Waals surface area contributed by atoms with Crippen LogP contribution in [-0.2, 0) is 11.3 Å². The number of anilines is 2. The fourth-order valence-electron chi connectivity index (χ4n) is 3.43. The van der Waals surface area contributed by atoms with Crippen LogP contribution >= 0.6 is 0 Å². The second kappa shape index (κ2) is 8.97. The molecule has 1 saturated heterocycles. The number of carbonyl (C=O) groups is 1. The minimum Gasteiger partial charge on any atom is -0.368 e. The minimum atomic E-state index is 0.0253. The molecule has 1 aromatic carbocycles. The monoisotopic (exact) mass is 383 g/mol. The van der Waals surface area contributed by atoms with E-state index >= 15 is 0 Å². The summed E-state index contributed by atoms with van der Waals surface area (Å²) in [4.78, 5) is 29.6. The maximum Gasteiger partial charge on any atom is 0.229 e. The molecule has 0 spiro atoms. The fraction of sp³-hybridized carbons (Fsp3) is 0.500. The van der Waals surface area contributed by atoms with Crippen molar-refractivity contribution in [2.24, 2.45) is 5.92 Å². The number of amides is 1. The highest BCUT2D eigenvalue weighted by Crippen LogP contribution is 2.26. The second-order valence-corrected chi connectivity index (χ2v) is 7.44. The average Bonchev–Trinajstić information content (AvgIpc) is 2.72. The standard InChI is InChI=1S/C20H29N7O/c1-14(17-23-19(21)25-20(24-17)26(2)3)27-11-9-16(10-12-27)18(28)22-13-15-7-5-4-6-8-15/h4-8,14,16H,9-13H2,1-3H3,(H,22,28)(H2,21,23,24,25)/t14-/m0/s1. The summed E-state index contributed by atoms with van der Waals surface area (Å²) in [6.07, 6.45) is 1.65. The lowest BCUT2D eigenvalue weighted by molar-refractivity contribution is -0.126. The van der Waals surface area contributed by atoms with E-state index < -0.39 is 0 Å². The van der Waals surface area contributed by atoms with E-state index in [1.165, 1.54) is 0 Å². The first-order chi connectivity index (χ1) is 13.4. The van der Waals surface area contributed by atoms with Gasteiger partial charge in [-0.25, -0.2) is 0 Å². The molecule has 0 radical (unpaired) electrons. The van der Waals surface area contributed by atoms with Crippen LogP contribution in [0.4, 0.5) is 11.9 Å². The number of nitrogens with zero attached hydrogens (tertiary/aromatic N) is 5. The van der Waals surface area contributed by atoms with Gasteiger partial charge in [0.2, 0.25) is 17.8 Å². The number of hydrogen-bond acceptors (Lipinski definition) is 7. The topological polar surface area (TPSA) is 100 Å². The molecule has 1 amide bonds. The number of aromatic nitrogens is 3. The van der Waals surface area contributed by atoms with Crippen molar-refractivity contribution in [2.75, 3.05) is 37.8 Å². The zero-order chi connectivity index (χ0) is 20.1. The van der Waals surface area contributed by atoms with Crippen molar-refractivity contribution in [1.82, 2.24) is 25.2 Å². The van der Waals surface area contributed by atoms with Crippen LogP contribution in [0.15, 0.2) is 30.3 Å². The number of piperidine rings is 1. The number of carbonyl (C=O) groups excluding carboxylic acids is 1. The molecule has 3 N–H and O–H groups in total. The van der Waals surface area contributed by atoms with Crippen molar-refractivity contribution in [1.29, 1.82) is 0 Å². The molecular formula is C20H29N7O. The maximum atomic E-state index is 12.5. The molecule has 2 aromatic rings. The molecule has 0 bridgehead atoms. The van der Waals surface area contributed by atoms with Crippen LogP contribution in [0.3, 0.4) is 0 Å². The van der Waals surface area contributed by atoms with Gasteiger partial charge in [0.1, 0.15) is 0 Å². The van der Waals surface area contributed by atoms with E-state index in [1.54, 1.807) is 0 Å². The van der Waals surface area contributed by atoms with Crippen LogP contribution in [0.1, 0.15) is 37.2 Å². The zero-order valence-electron chi connectivity index (χ0n) is 16.8. The molecule has 0 aliphatic carbocycles. The van der Waals surface area contributed by atoms with Gasteiger partial charge in [0.25, 0.3) is 0 Å². The molecule has 3 rings (SSSR count). The van der Waals surface area contributed by atoms with Gasteiger partial charge < -0.3 is 16.0 Å². The summed E-state index contributed by atoms with van der Waals surface area (Å²) in [6.45, 7) is 4.30. The smallest absolute Gasteiger partial charge is 0.229 e. The normalized spacial score (nSPS) is 16.5. The molecule has 1 fully saturated rings. The Kier molecular flexibility index (Phi) is 6.41. The molecule has 1 atom stereocenters. The Morgan fingerprint density at radius 1 is 1.21 bits per heavy atom. The van der Waals surface area contributed by atoms with Gasteiger partial charge in [-0.3, -0.25) is 9.69 Å². The zero-order valence-corrected chi connectivity index (χ0v) is 16.8. The van der Waals surface area contributed by atoms with Gasteiger partial charge >= 0.3 is 0 Å². The number of nitrogens with two attached hydrogens (primary N) is 1. The second-order valence-electron chi connectivity index (χ2n) is 7.44. The van der Waals surface area contributed by atoms with Crippen molar-refractivity contribution >= 4 is 17.8 Å². The molecular weight excluding hydrogens is 354 g/mol. The molecule has 28 heavy (non-hydrogen) atoms. The van der Waals surface area contributed by atoms with E-state index in [1.807, 2.05) is 49.3 Å². The van der Waals surface area contributed by atoms with Gasteiger partial charge in [-0.05, 0) is 38.4 Å². The van der Waals surface area contributed by atoms with E-state index in [-0.39, 0.29) is 23.8 Å². The lowest BCUT2D eigenvalue weighted by Gasteiger charge is -2.34. The Labute approximate surface area is 166 Å². The summed E-state index contributed by atoms with van der Waals surface area (Å²) in [5, 5.41) is 3.06. The first kappa shape index (κ1) is 20.0. The fourth-order valence-corrected chi connectivity index (χ4v) is 3.43. The summed E-state index contributed by atoms with van der Waals surface area (Å²) in [6, 6.07) is 10.0. The van der Waals surface area contributed by atoms with Crippen molar-refractivity contribution in [3.8, 4) is 0 Å². The Morgan fingerprint density at radius 3 is 2.54 bits per heavy atom. The molecule has 1 aliphatic rings. The lowest BCUT2D eigenvalue weighted by atomic mass is 9.95. The molecule has 1 aromatic heterocycles. The van der Waals surface area contributed by atoms with Gasteiger partial charge in [-0.15, -0.1) is 0 Å². The highest BCUT2D eigenvalue weighted by Gasteiger charge is 2.29. The minimum absolute atomic E-state index is 0.0253. The third-order valence-corrected chi connectivity index (χ3v) is 5.19. The summed E-state index contributed by atoms with van der Waals surface area (Å²) in [7, 11) is 3.76. The number of nitrogen functional groups attached to an aromatic ring is 1. The van der Waals surface area contributed by atoms with E-state index in [0.29, 0.717) is 18.3 Å².